The maximum absolute atomic E-state index is 13.1. The van der Waals surface area contributed by atoms with Crippen LogP contribution in [0.1, 0.15) is 35.0 Å². The number of rotatable bonds is 12. The molecule has 0 saturated carbocycles. The predicted octanol–water partition coefficient (Wildman–Crippen LogP) is 4.44. The van der Waals surface area contributed by atoms with Crippen LogP contribution in [0.25, 0.3) is 0 Å². The smallest absolute Gasteiger partial charge is 0.258 e. The van der Waals surface area contributed by atoms with Gasteiger partial charge in [-0.3, -0.25) is 14.7 Å². The molecule has 0 unspecified atom stereocenters. The summed E-state index contributed by atoms with van der Waals surface area (Å²) in [7, 11) is 5.20. The Hall–Kier alpha value is -4.27. The molecule has 9 heteroatoms. The number of H-pyrrole nitrogens is 1. The van der Waals surface area contributed by atoms with Crippen molar-refractivity contribution in [1.29, 1.82) is 0 Å². The summed E-state index contributed by atoms with van der Waals surface area (Å²) in [5, 5.41) is 12.7. The topological polar surface area (TPSA) is 109 Å². The zero-order valence-corrected chi connectivity index (χ0v) is 21.2. The van der Waals surface area contributed by atoms with Gasteiger partial charge in [0.15, 0.2) is 5.82 Å². The van der Waals surface area contributed by atoms with Crippen LogP contribution < -0.4 is 25.0 Å². The van der Waals surface area contributed by atoms with Gasteiger partial charge in [-0.1, -0.05) is 13.5 Å². The molecule has 0 fully saturated rings. The number of hydrogen-bond donors (Lipinski definition) is 3. The highest BCUT2D eigenvalue weighted by Crippen LogP contribution is 2.26. The van der Waals surface area contributed by atoms with Gasteiger partial charge in [-0.05, 0) is 61.2 Å². The summed E-state index contributed by atoms with van der Waals surface area (Å²) in [6.45, 7) is 6.43. The van der Waals surface area contributed by atoms with E-state index in [-0.39, 0.29) is 5.91 Å². The first kappa shape index (κ1) is 26.3. The second-order valence-electron chi connectivity index (χ2n) is 8.30. The SMILES string of the molecule is C=CC(=O)Nc1cc(N(C)CCC)ccc1C(=O)Nc1cc(CCc2cc(OC)cc(OC)c2)[nH]n1. The molecule has 3 N–H and O–H groups in total. The number of methoxy groups -OCH3 is 2. The Morgan fingerprint density at radius 2 is 1.78 bits per heavy atom. The third kappa shape index (κ3) is 6.88. The number of aryl methyl sites for hydroxylation is 2. The number of aromatic amines is 1. The summed E-state index contributed by atoms with van der Waals surface area (Å²) < 4.78 is 10.7. The summed E-state index contributed by atoms with van der Waals surface area (Å²) in [6, 6.07) is 12.9. The van der Waals surface area contributed by atoms with E-state index >= 15 is 0 Å². The van der Waals surface area contributed by atoms with Gasteiger partial charge < -0.3 is 25.0 Å². The Balaban J connectivity index is 1.72. The summed E-state index contributed by atoms with van der Waals surface area (Å²) >= 11 is 0. The standard InChI is InChI=1S/C27H33N5O4/c1-6-12-32(3)20-10-11-23(24(16-20)28-26(33)7-2)27(34)29-25-15-19(30-31-25)9-8-18-13-21(35-4)17-22(14-18)36-5/h7,10-11,13-17H,2,6,8-9,12H2,1,3-5H3,(H,28,33)(H2,29,30,31,34). The van der Waals surface area contributed by atoms with Crippen molar-refractivity contribution in [3.63, 3.8) is 0 Å². The number of nitrogens with zero attached hydrogens (tertiary/aromatic N) is 2. The lowest BCUT2D eigenvalue weighted by atomic mass is 10.1. The third-order valence-electron chi connectivity index (χ3n) is 5.66. The molecule has 3 aromatic rings. The summed E-state index contributed by atoms with van der Waals surface area (Å²) in [4.78, 5) is 27.1. The Bertz CT molecular complexity index is 1200. The first-order chi connectivity index (χ1) is 17.4. The first-order valence-electron chi connectivity index (χ1n) is 11.7. The number of aromatic nitrogens is 2. The summed E-state index contributed by atoms with van der Waals surface area (Å²) in [6.07, 6.45) is 3.55. The Kier molecular flexibility index (Phi) is 9.10. The Labute approximate surface area is 211 Å². The fraction of sp³-hybridized carbons (Fsp3) is 0.296. The van der Waals surface area contributed by atoms with Crippen LogP contribution in [-0.2, 0) is 17.6 Å². The maximum Gasteiger partial charge on any atom is 0.258 e. The quantitative estimate of drug-likeness (QED) is 0.323. The lowest BCUT2D eigenvalue weighted by molar-refractivity contribution is -0.111. The van der Waals surface area contributed by atoms with Crippen molar-refractivity contribution in [2.45, 2.75) is 26.2 Å². The largest absolute Gasteiger partial charge is 0.497 e. The van der Waals surface area contributed by atoms with E-state index in [1.807, 2.05) is 31.3 Å². The van der Waals surface area contributed by atoms with Crippen LogP contribution in [0.2, 0.25) is 0 Å². The lowest BCUT2D eigenvalue weighted by Crippen LogP contribution is -2.20. The molecule has 2 amide bonds. The van der Waals surface area contributed by atoms with Gasteiger partial charge in [0.05, 0.1) is 25.5 Å². The minimum absolute atomic E-state index is 0.326. The van der Waals surface area contributed by atoms with E-state index in [1.54, 1.807) is 32.4 Å². The van der Waals surface area contributed by atoms with Gasteiger partial charge in [0.25, 0.3) is 5.91 Å². The van der Waals surface area contributed by atoms with E-state index in [9.17, 15) is 9.59 Å². The molecule has 3 rings (SSSR count). The van der Waals surface area contributed by atoms with E-state index in [0.29, 0.717) is 23.5 Å². The molecular weight excluding hydrogens is 458 g/mol. The number of nitrogens with one attached hydrogen (secondary N) is 3. The molecule has 0 aliphatic carbocycles. The fourth-order valence-electron chi connectivity index (χ4n) is 3.75. The molecule has 0 spiro atoms. The molecule has 0 aliphatic rings. The van der Waals surface area contributed by atoms with E-state index in [1.165, 1.54) is 6.08 Å². The molecule has 0 radical (unpaired) electrons. The molecule has 1 heterocycles. The lowest BCUT2D eigenvalue weighted by Gasteiger charge is -2.20. The van der Waals surface area contributed by atoms with Gasteiger partial charge >= 0.3 is 0 Å². The predicted molar refractivity (Wildman–Crippen MR) is 142 cm³/mol. The molecule has 9 nitrogen and oxygen atoms in total. The van der Waals surface area contributed by atoms with Crippen LogP contribution in [-0.4, -0.2) is 49.8 Å². The second kappa shape index (κ2) is 12.4. The number of amides is 2. The molecule has 190 valence electrons. The van der Waals surface area contributed by atoms with Crippen molar-refractivity contribution in [2.75, 3.05) is 43.3 Å². The monoisotopic (exact) mass is 491 g/mol. The number of anilines is 3. The highest BCUT2D eigenvalue weighted by atomic mass is 16.5. The third-order valence-corrected chi connectivity index (χ3v) is 5.66. The van der Waals surface area contributed by atoms with Crippen molar-refractivity contribution in [3.8, 4) is 11.5 Å². The van der Waals surface area contributed by atoms with Crippen LogP contribution in [0.4, 0.5) is 17.2 Å². The van der Waals surface area contributed by atoms with Crippen molar-refractivity contribution in [1.82, 2.24) is 10.2 Å². The molecule has 1 aromatic heterocycles. The van der Waals surface area contributed by atoms with Crippen LogP contribution in [0, 0.1) is 0 Å². The van der Waals surface area contributed by atoms with E-state index in [0.717, 1.165) is 47.8 Å². The van der Waals surface area contributed by atoms with Crippen LogP contribution in [0.5, 0.6) is 11.5 Å². The van der Waals surface area contributed by atoms with Crippen molar-refractivity contribution in [2.24, 2.45) is 0 Å². The number of hydrogen-bond acceptors (Lipinski definition) is 6. The number of carbonyl (C=O) groups excluding carboxylic acids is 2. The van der Waals surface area contributed by atoms with Gasteiger partial charge in [0, 0.05) is 37.1 Å². The van der Waals surface area contributed by atoms with E-state index in [4.69, 9.17) is 9.47 Å². The van der Waals surface area contributed by atoms with Crippen LogP contribution in [0.3, 0.4) is 0 Å². The zero-order chi connectivity index (χ0) is 26.1. The highest BCUT2D eigenvalue weighted by Gasteiger charge is 2.16. The highest BCUT2D eigenvalue weighted by molar-refractivity contribution is 6.11. The minimum Gasteiger partial charge on any atom is -0.497 e. The Morgan fingerprint density at radius 3 is 2.42 bits per heavy atom. The fourth-order valence-corrected chi connectivity index (χ4v) is 3.75. The average molecular weight is 492 g/mol. The van der Waals surface area contributed by atoms with Crippen LogP contribution >= 0.6 is 0 Å². The maximum atomic E-state index is 13.1. The van der Waals surface area contributed by atoms with Crippen LogP contribution in [0.15, 0.2) is 55.1 Å². The molecular formula is C27H33N5O4. The van der Waals surface area contributed by atoms with Crippen molar-refractivity contribution >= 4 is 29.0 Å². The van der Waals surface area contributed by atoms with E-state index < -0.39 is 5.91 Å². The average Bonchev–Trinajstić information content (AvgIpc) is 3.34. The number of carbonyl (C=O) groups is 2. The first-order valence-corrected chi connectivity index (χ1v) is 11.7. The number of benzene rings is 2. The zero-order valence-electron chi connectivity index (χ0n) is 21.2. The normalized spacial score (nSPS) is 10.4. The molecule has 0 bridgehead atoms. The van der Waals surface area contributed by atoms with Gasteiger partial charge in [0.2, 0.25) is 5.91 Å². The Morgan fingerprint density at radius 1 is 1.06 bits per heavy atom. The molecule has 0 aliphatic heterocycles. The number of ether oxygens (including phenoxy) is 2. The van der Waals surface area contributed by atoms with Crippen molar-refractivity contribution < 1.29 is 19.1 Å². The summed E-state index contributed by atoms with van der Waals surface area (Å²) in [5.41, 5.74) is 3.54. The summed E-state index contributed by atoms with van der Waals surface area (Å²) in [5.74, 6) is 1.08. The van der Waals surface area contributed by atoms with E-state index in [2.05, 4.69) is 39.2 Å². The molecule has 0 saturated heterocycles. The van der Waals surface area contributed by atoms with Gasteiger partial charge in [-0.2, -0.15) is 5.10 Å². The van der Waals surface area contributed by atoms with Crippen molar-refractivity contribution in [3.05, 3.63) is 71.9 Å². The van der Waals surface area contributed by atoms with Gasteiger partial charge in [-0.25, -0.2) is 0 Å². The van der Waals surface area contributed by atoms with Gasteiger partial charge in [-0.15, -0.1) is 0 Å². The second-order valence-corrected chi connectivity index (χ2v) is 8.30. The molecule has 2 aromatic carbocycles. The minimum atomic E-state index is -0.393. The molecule has 36 heavy (non-hydrogen) atoms. The molecule has 0 atom stereocenters. The van der Waals surface area contributed by atoms with Gasteiger partial charge in [0.1, 0.15) is 11.5 Å².